The van der Waals surface area contributed by atoms with Crippen LogP contribution in [0.4, 0.5) is 0 Å². The van der Waals surface area contributed by atoms with E-state index in [0.717, 1.165) is 34.4 Å². The summed E-state index contributed by atoms with van der Waals surface area (Å²) in [5.74, 6) is 2.11. The predicted molar refractivity (Wildman–Crippen MR) is 150 cm³/mol. The summed E-state index contributed by atoms with van der Waals surface area (Å²) >= 11 is 0. The number of fused-ring (bicyclic) bond motifs is 1. The number of hydrogen-bond acceptors (Lipinski definition) is 7. The number of aromatic nitrogens is 5. The Kier molecular flexibility index (Phi) is 7.34. The van der Waals surface area contributed by atoms with Crippen LogP contribution in [0.1, 0.15) is 62.0 Å². The Labute approximate surface area is 227 Å². The lowest BCUT2D eigenvalue weighted by Gasteiger charge is -2.32. The van der Waals surface area contributed by atoms with Crippen LogP contribution >= 0.6 is 0 Å². The monoisotopic (exact) mass is 526 g/mol. The summed E-state index contributed by atoms with van der Waals surface area (Å²) in [6.45, 7) is 9.17. The molecule has 2 aromatic carbocycles. The molecule has 9 nitrogen and oxygen atoms in total. The second-order valence-electron chi connectivity index (χ2n) is 10.7. The van der Waals surface area contributed by atoms with E-state index in [9.17, 15) is 4.79 Å². The molecule has 0 radical (unpaired) electrons. The van der Waals surface area contributed by atoms with Crippen LogP contribution < -0.4 is 10.3 Å². The minimum atomic E-state index is -0.575. The first-order chi connectivity index (χ1) is 18.8. The van der Waals surface area contributed by atoms with Gasteiger partial charge in [0, 0.05) is 17.6 Å². The van der Waals surface area contributed by atoms with Gasteiger partial charge in [-0.3, -0.25) is 9.69 Å². The fourth-order valence-electron chi connectivity index (χ4n) is 4.88. The number of nitrogens with zero attached hydrogens (tertiary/aromatic N) is 5. The predicted octanol–water partition coefficient (Wildman–Crippen LogP) is 5.23. The Balaban J connectivity index is 1.73. The number of benzene rings is 2. The fourth-order valence-corrected chi connectivity index (χ4v) is 4.88. The van der Waals surface area contributed by atoms with Gasteiger partial charge in [-0.15, -0.1) is 5.10 Å². The van der Waals surface area contributed by atoms with Gasteiger partial charge < -0.3 is 14.1 Å². The molecule has 1 N–H and O–H groups in total. The fraction of sp³-hybridized carbons (Fsp3) is 0.333. The van der Waals surface area contributed by atoms with Gasteiger partial charge in [-0.25, -0.2) is 4.68 Å². The van der Waals surface area contributed by atoms with E-state index in [1.54, 1.807) is 18.1 Å². The first kappa shape index (κ1) is 26.4. The maximum Gasteiger partial charge on any atom is 0.253 e. The first-order valence-corrected chi connectivity index (χ1v) is 13.1. The van der Waals surface area contributed by atoms with Crippen molar-refractivity contribution < 1.29 is 9.15 Å². The van der Waals surface area contributed by atoms with Crippen molar-refractivity contribution in [3.8, 4) is 5.75 Å². The van der Waals surface area contributed by atoms with Crippen molar-refractivity contribution in [2.75, 3.05) is 7.11 Å². The number of hydrogen-bond donors (Lipinski definition) is 1. The molecule has 3 heterocycles. The molecule has 9 heteroatoms. The minimum absolute atomic E-state index is 0.185. The van der Waals surface area contributed by atoms with Crippen molar-refractivity contribution in [2.45, 2.75) is 58.8 Å². The van der Waals surface area contributed by atoms with Crippen molar-refractivity contribution in [1.29, 1.82) is 0 Å². The van der Waals surface area contributed by atoms with Crippen LogP contribution in [-0.2, 0) is 25.0 Å². The Morgan fingerprint density at radius 2 is 1.90 bits per heavy atom. The van der Waals surface area contributed by atoms with E-state index < -0.39 is 11.6 Å². The van der Waals surface area contributed by atoms with Gasteiger partial charge in [0.05, 0.1) is 25.5 Å². The van der Waals surface area contributed by atoms with Crippen molar-refractivity contribution >= 4 is 10.9 Å². The minimum Gasteiger partial charge on any atom is -0.497 e. The summed E-state index contributed by atoms with van der Waals surface area (Å²) < 4.78 is 13.0. The number of nitrogens with one attached hydrogen (secondary N) is 1. The number of methoxy groups -OCH3 is 1. The summed E-state index contributed by atoms with van der Waals surface area (Å²) in [6.07, 6.45) is 2.55. The summed E-state index contributed by atoms with van der Waals surface area (Å²) in [4.78, 5) is 19.0. The number of aromatic amines is 1. The average molecular weight is 527 g/mol. The van der Waals surface area contributed by atoms with Gasteiger partial charge >= 0.3 is 0 Å². The van der Waals surface area contributed by atoms with Gasteiger partial charge in [0.15, 0.2) is 5.82 Å². The number of ether oxygens (including phenoxy) is 1. The molecule has 39 heavy (non-hydrogen) atoms. The molecule has 0 aliphatic rings. The lowest BCUT2D eigenvalue weighted by molar-refractivity contribution is 0.171. The summed E-state index contributed by atoms with van der Waals surface area (Å²) in [5.41, 5.74) is 2.97. The molecular weight excluding hydrogens is 492 g/mol. The third-order valence-corrected chi connectivity index (χ3v) is 6.84. The number of furan rings is 1. The zero-order valence-corrected chi connectivity index (χ0v) is 23.0. The Hall–Kier alpha value is -4.24. The van der Waals surface area contributed by atoms with Crippen molar-refractivity contribution in [1.82, 2.24) is 30.1 Å². The number of tetrazole rings is 1. The number of aryl methyl sites for hydroxylation is 1. The smallest absolute Gasteiger partial charge is 0.253 e. The van der Waals surface area contributed by atoms with E-state index >= 15 is 0 Å². The third-order valence-electron chi connectivity index (χ3n) is 6.84. The molecule has 1 atom stereocenters. The summed E-state index contributed by atoms with van der Waals surface area (Å²) in [5, 5.41) is 13.8. The molecule has 0 saturated heterocycles. The quantitative estimate of drug-likeness (QED) is 0.281. The van der Waals surface area contributed by atoms with E-state index in [-0.39, 0.29) is 5.56 Å². The molecule has 0 aliphatic heterocycles. The largest absolute Gasteiger partial charge is 0.497 e. The SMILES string of the molecule is CCc1ccc2[nH]c(=O)c([C@H](c3nnnn3C(C)(C)C)N(Cc3cccc(OC)c3)Cc3ccco3)cc2c1. The van der Waals surface area contributed by atoms with Crippen LogP contribution in [0, 0.1) is 0 Å². The second kappa shape index (κ2) is 10.9. The van der Waals surface area contributed by atoms with Gasteiger partial charge in [-0.2, -0.15) is 0 Å². The van der Waals surface area contributed by atoms with Crippen LogP contribution in [0.2, 0.25) is 0 Å². The van der Waals surface area contributed by atoms with Crippen LogP contribution in [0.5, 0.6) is 5.75 Å². The molecule has 5 aromatic rings. The average Bonchev–Trinajstić information content (AvgIpc) is 3.61. The van der Waals surface area contributed by atoms with Crippen LogP contribution in [-0.4, -0.2) is 37.2 Å². The third kappa shape index (κ3) is 5.63. The molecule has 3 aromatic heterocycles. The molecule has 0 amide bonds. The highest BCUT2D eigenvalue weighted by atomic mass is 16.5. The molecule has 0 spiro atoms. The molecule has 0 aliphatic carbocycles. The van der Waals surface area contributed by atoms with E-state index in [2.05, 4.69) is 38.4 Å². The van der Waals surface area contributed by atoms with Gasteiger partial charge in [-0.1, -0.05) is 25.1 Å². The van der Waals surface area contributed by atoms with E-state index in [1.807, 2.05) is 75.4 Å². The second-order valence-corrected chi connectivity index (χ2v) is 10.7. The highest BCUT2D eigenvalue weighted by Crippen LogP contribution is 2.32. The van der Waals surface area contributed by atoms with Gasteiger partial charge in [0.25, 0.3) is 5.56 Å². The number of rotatable bonds is 9. The van der Waals surface area contributed by atoms with Crippen LogP contribution in [0.15, 0.2) is 76.1 Å². The Morgan fingerprint density at radius 3 is 2.62 bits per heavy atom. The number of pyridine rings is 1. The first-order valence-electron chi connectivity index (χ1n) is 13.1. The Bertz CT molecular complexity index is 1610. The van der Waals surface area contributed by atoms with Crippen LogP contribution in [0.25, 0.3) is 10.9 Å². The number of H-pyrrole nitrogens is 1. The maximum atomic E-state index is 13.7. The molecule has 0 bridgehead atoms. The van der Waals surface area contributed by atoms with Crippen molar-refractivity contribution in [3.05, 3.63) is 106 Å². The standard InChI is InChI=1S/C30H34N6O3/c1-6-20-12-13-26-22(15-20)17-25(29(37)31-26)27(28-32-33-34-36(28)30(2,3)4)35(19-24-11-8-14-39-24)18-21-9-7-10-23(16-21)38-5/h7-17,27H,6,18-19H2,1-5H3,(H,31,37)/t27-/m1/s1. The van der Waals surface area contributed by atoms with Gasteiger partial charge in [0.2, 0.25) is 0 Å². The van der Waals surface area contributed by atoms with Gasteiger partial charge in [0.1, 0.15) is 17.6 Å². The molecule has 0 fully saturated rings. The zero-order valence-electron chi connectivity index (χ0n) is 23.0. The molecule has 5 rings (SSSR count). The lowest BCUT2D eigenvalue weighted by atomic mass is 9.99. The van der Waals surface area contributed by atoms with Gasteiger partial charge in [-0.05, 0) is 96.6 Å². The highest BCUT2D eigenvalue weighted by molar-refractivity contribution is 5.80. The van der Waals surface area contributed by atoms with E-state index in [1.165, 1.54) is 5.56 Å². The molecule has 0 unspecified atom stereocenters. The highest BCUT2D eigenvalue weighted by Gasteiger charge is 2.34. The van der Waals surface area contributed by atoms with E-state index in [0.29, 0.717) is 24.5 Å². The van der Waals surface area contributed by atoms with Crippen LogP contribution in [0.3, 0.4) is 0 Å². The molecule has 202 valence electrons. The van der Waals surface area contributed by atoms with Crippen molar-refractivity contribution in [2.24, 2.45) is 0 Å². The van der Waals surface area contributed by atoms with Crippen molar-refractivity contribution in [3.63, 3.8) is 0 Å². The normalized spacial score (nSPS) is 12.8. The maximum absolute atomic E-state index is 13.7. The van der Waals surface area contributed by atoms with E-state index in [4.69, 9.17) is 9.15 Å². The summed E-state index contributed by atoms with van der Waals surface area (Å²) in [6, 6.07) is 19.2. The Morgan fingerprint density at radius 1 is 1.05 bits per heavy atom. The molecular formula is C30H34N6O3. The lowest BCUT2D eigenvalue weighted by Crippen LogP contribution is -2.37. The topological polar surface area (TPSA) is 102 Å². The summed E-state index contributed by atoms with van der Waals surface area (Å²) in [7, 11) is 1.65. The molecule has 0 saturated carbocycles. The zero-order chi connectivity index (χ0) is 27.6.